The topological polar surface area (TPSA) is 94.1 Å². The Kier molecular flexibility index (Phi) is 7.89. The molecule has 37 heavy (non-hydrogen) atoms. The molecule has 0 aliphatic carbocycles. The predicted octanol–water partition coefficient (Wildman–Crippen LogP) is 4.30. The number of anilines is 1. The van der Waals surface area contributed by atoms with E-state index in [2.05, 4.69) is 50.1 Å². The lowest BCUT2D eigenvalue weighted by atomic mass is 10.1. The molecule has 0 amide bonds. The highest BCUT2D eigenvalue weighted by molar-refractivity contribution is 5.84. The average Bonchev–Trinajstić information content (AvgIpc) is 3.34. The highest BCUT2D eigenvalue weighted by Crippen LogP contribution is 2.31. The van der Waals surface area contributed by atoms with E-state index in [1.807, 2.05) is 38.1 Å². The number of rotatable bonds is 5. The quantitative estimate of drug-likeness (QED) is 0.425. The molecule has 5 heterocycles. The van der Waals surface area contributed by atoms with Crippen molar-refractivity contribution in [3.8, 4) is 17.1 Å². The van der Waals surface area contributed by atoms with E-state index in [9.17, 15) is 0 Å². The number of nitrogens with zero attached hydrogens (tertiary/aromatic N) is 5. The molecular weight excluding hydrogens is 462 g/mol. The first-order chi connectivity index (χ1) is 18.3. The van der Waals surface area contributed by atoms with Crippen LogP contribution >= 0.6 is 0 Å². The standard InChI is InChI=1S/C27H29N7O.C2H6/c28-25-22(2-1-11-30-25)26-32-24-8-7-23(20-9-16-35-17-10-20)31-27(24)34(26)21-5-3-19(4-6-21)18-33-14-12-29-13-15-33;1-2/h1-9,11,29H,10,12-18H2,(H2,28,30);1-2H3. The van der Waals surface area contributed by atoms with Gasteiger partial charge in [0.05, 0.1) is 24.5 Å². The summed E-state index contributed by atoms with van der Waals surface area (Å²) in [6, 6.07) is 16.6. The molecule has 8 heteroatoms. The van der Waals surface area contributed by atoms with Crippen LogP contribution in [0.3, 0.4) is 0 Å². The Bertz CT molecular complexity index is 1370. The van der Waals surface area contributed by atoms with E-state index in [0.29, 0.717) is 12.4 Å². The van der Waals surface area contributed by atoms with Gasteiger partial charge in [-0.05, 0) is 54.0 Å². The van der Waals surface area contributed by atoms with Gasteiger partial charge in [-0.15, -0.1) is 0 Å². The molecule has 8 nitrogen and oxygen atoms in total. The number of aromatic nitrogens is 4. The number of imidazole rings is 1. The highest BCUT2D eigenvalue weighted by atomic mass is 16.5. The number of nitrogens with one attached hydrogen (secondary N) is 1. The second kappa shape index (κ2) is 11.6. The van der Waals surface area contributed by atoms with E-state index in [1.54, 1.807) is 6.20 Å². The second-order valence-electron chi connectivity index (χ2n) is 8.99. The molecule has 1 aromatic carbocycles. The molecule has 2 aliphatic heterocycles. The summed E-state index contributed by atoms with van der Waals surface area (Å²) >= 11 is 0. The van der Waals surface area contributed by atoms with Gasteiger partial charge in [-0.2, -0.15) is 0 Å². The molecule has 1 fully saturated rings. The first-order valence-electron chi connectivity index (χ1n) is 13.2. The van der Waals surface area contributed by atoms with Crippen LogP contribution < -0.4 is 11.1 Å². The molecule has 3 aromatic heterocycles. The number of benzene rings is 1. The average molecular weight is 498 g/mol. The molecular formula is C29H35N7O. The molecule has 3 N–H and O–H groups in total. The number of pyridine rings is 2. The number of fused-ring (bicyclic) bond motifs is 1. The van der Waals surface area contributed by atoms with Gasteiger partial charge in [-0.25, -0.2) is 15.0 Å². The fourth-order valence-electron chi connectivity index (χ4n) is 4.81. The third-order valence-corrected chi connectivity index (χ3v) is 6.69. The monoisotopic (exact) mass is 497 g/mol. The van der Waals surface area contributed by atoms with Gasteiger partial charge in [0.25, 0.3) is 0 Å². The molecule has 6 rings (SSSR count). The van der Waals surface area contributed by atoms with Crippen LogP contribution in [-0.4, -0.2) is 63.8 Å². The molecule has 0 atom stereocenters. The van der Waals surface area contributed by atoms with E-state index in [1.165, 1.54) is 11.1 Å². The van der Waals surface area contributed by atoms with E-state index < -0.39 is 0 Å². The lowest BCUT2D eigenvalue weighted by Gasteiger charge is -2.27. The Morgan fingerprint density at radius 3 is 2.54 bits per heavy atom. The smallest absolute Gasteiger partial charge is 0.165 e. The number of nitrogen functional groups attached to an aromatic ring is 1. The van der Waals surface area contributed by atoms with Crippen molar-refractivity contribution in [3.05, 3.63) is 72.1 Å². The van der Waals surface area contributed by atoms with Gasteiger partial charge in [-0.3, -0.25) is 9.47 Å². The summed E-state index contributed by atoms with van der Waals surface area (Å²) in [6.07, 6.45) is 4.67. The predicted molar refractivity (Wildman–Crippen MR) is 149 cm³/mol. The van der Waals surface area contributed by atoms with Crippen LogP contribution in [0.2, 0.25) is 0 Å². The number of nitrogens with two attached hydrogens (primary N) is 1. The van der Waals surface area contributed by atoms with Gasteiger partial charge in [0.1, 0.15) is 11.3 Å². The molecule has 0 radical (unpaired) electrons. The minimum Gasteiger partial charge on any atom is -0.383 e. The van der Waals surface area contributed by atoms with Crippen molar-refractivity contribution in [1.82, 2.24) is 29.7 Å². The fourth-order valence-corrected chi connectivity index (χ4v) is 4.81. The Hall–Kier alpha value is -3.59. The molecule has 1 saturated heterocycles. The van der Waals surface area contributed by atoms with E-state index in [-0.39, 0.29) is 0 Å². The van der Waals surface area contributed by atoms with Crippen LogP contribution in [0.15, 0.2) is 60.8 Å². The van der Waals surface area contributed by atoms with Crippen molar-refractivity contribution >= 4 is 22.6 Å². The fraction of sp³-hybridized carbons (Fsp3) is 0.345. The van der Waals surface area contributed by atoms with Gasteiger partial charge in [0.2, 0.25) is 0 Å². The van der Waals surface area contributed by atoms with Crippen molar-refractivity contribution in [2.24, 2.45) is 0 Å². The minimum absolute atomic E-state index is 0.451. The number of piperazine rings is 1. The van der Waals surface area contributed by atoms with E-state index >= 15 is 0 Å². The molecule has 0 unspecified atom stereocenters. The van der Waals surface area contributed by atoms with Crippen molar-refractivity contribution in [3.63, 3.8) is 0 Å². The van der Waals surface area contributed by atoms with Crippen LogP contribution in [-0.2, 0) is 11.3 Å². The van der Waals surface area contributed by atoms with Gasteiger partial charge in [0.15, 0.2) is 11.5 Å². The number of hydrogen-bond donors (Lipinski definition) is 2. The highest BCUT2D eigenvalue weighted by Gasteiger charge is 2.19. The Morgan fingerprint density at radius 1 is 1.00 bits per heavy atom. The van der Waals surface area contributed by atoms with E-state index in [4.69, 9.17) is 20.4 Å². The van der Waals surface area contributed by atoms with Crippen LogP contribution in [0.25, 0.3) is 33.8 Å². The zero-order chi connectivity index (χ0) is 25.6. The van der Waals surface area contributed by atoms with E-state index in [0.717, 1.165) is 79.7 Å². The Labute approximate surface area is 218 Å². The SMILES string of the molecule is CC.Nc1ncccc1-c1nc2ccc(C3=CCOCC3)nc2n1-c1ccc(CN2CCNCC2)cc1. The normalized spacial score (nSPS) is 16.2. The molecule has 0 bridgehead atoms. The summed E-state index contributed by atoms with van der Waals surface area (Å²) in [5.74, 6) is 1.19. The largest absolute Gasteiger partial charge is 0.383 e. The third-order valence-electron chi connectivity index (χ3n) is 6.69. The summed E-state index contributed by atoms with van der Waals surface area (Å²) in [5, 5.41) is 3.41. The Morgan fingerprint density at radius 2 is 1.81 bits per heavy atom. The van der Waals surface area contributed by atoms with Crippen molar-refractivity contribution < 1.29 is 4.74 Å². The molecule has 0 saturated carbocycles. The van der Waals surface area contributed by atoms with Gasteiger partial charge in [0, 0.05) is 44.6 Å². The number of hydrogen-bond acceptors (Lipinski definition) is 7. The number of ether oxygens (including phenoxy) is 1. The Balaban J connectivity index is 0.00000137. The van der Waals surface area contributed by atoms with Gasteiger partial charge < -0.3 is 15.8 Å². The zero-order valence-electron chi connectivity index (χ0n) is 21.7. The molecule has 2 aliphatic rings. The second-order valence-corrected chi connectivity index (χ2v) is 8.99. The lowest BCUT2D eigenvalue weighted by Crippen LogP contribution is -2.42. The summed E-state index contributed by atoms with van der Waals surface area (Å²) in [4.78, 5) is 16.8. The summed E-state index contributed by atoms with van der Waals surface area (Å²) in [7, 11) is 0. The third kappa shape index (κ3) is 5.41. The van der Waals surface area contributed by atoms with Gasteiger partial charge in [-0.1, -0.05) is 32.1 Å². The summed E-state index contributed by atoms with van der Waals surface area (Å²) in [6.45, 7) is 10.5. The van der Waals surface area contributed by atoms with Crippen molar-refractivity contribution in [1.29, 1.82) is 0 Å². The minimum atomic E-state index is 0.451. The molecule has 4 aromatic rings. The maximum Gasteiger partial charge on any atom is 0.165 e. The molecule has 192 valence electrons. The first kappa shape index (κ1) is 25.1. The maximum atomic E-state index is 6.28. The van der Waals surface area contributed by atoms with Crippen molar-refractivity contribution in [2.75, 3.05) is 45.1 Å². The van der Waals surface area contributed by atoms with Crippen molar-refractivity contribution in [2.45, 2.75) is 26.8 Å². The van der Waals surface area contributed by atoms with Gasteiger partial charge >= 0.3 is 0 Å². The van der Waals surface area contributed by atoms with Crippen LogP contribution in [0.1, 0.15) is 31.5 Å². The first-order valence-corrected chi connectivity index (χ1v) is 13.2. The summed E-state index contributed by atoms with van der Waals surface area (Å²) in [5.41, 5.74) is 13.2. The van der Waals surface area contributed by atoms with Crippen LogP contribution in [0, 0.1) is 0 Å². The summed E-state index contributed by atoms with van der Waals surface area (Å²) < 4.78 is 7.59. The zero-order valence-corrected chi connectivity index (χ0v) is 21.7. The van der Waals surface area contributed by atoms with Crippen LogP contribution in [0.5, 0.6) is 0 Å². The molecule has 0 spiro atoms. The maximum absolute atomic E-state index is 6.28. The van der Waals surface area contributed by atoms with Crippen LogP contribution in [0.4, 0.5) is 5.82 Å². The lowest BCUT2D eigenvalue weighted by molar-refractivity contribution is 0.161.